The SMILES string of the molecule is CCCCCCCC/C=C\CCCCCCC(OC(=O)C=CCCCCCCCCCCCCCCC)C([O])=O. The fraction of sp³-hybridized carbons (Fsp3) is 0.833. The maximum atomic E-state index is 12.0. The molecule has 0 rings (SSSR count). The maximum absolute atomic E-state index is 12.0. The van der Waals surface area contributed by atoms with Crippen LogP contribution in [0.4, 0.5) is 0 Å². The molecule has 0 bridgehead atoms. The van der Waals surface area contributed by atoms with E-state index >= 15 is 0 Å². The van der Waals surface area contributed by atoms with Gasteiger partial charge in [-0.2, -0.15) is 0 Å². The van der Waals surface area contributed by atoms with Crippen molar-refractivity contribution in [1.29, 1.82) is 0 Å². The summed E-state index contributed by atoms with van der Waals surface area (Å²) in [7, 11) is 0. The first-order chi connectivity index (χ1) is 19.6. The Bertz CT molecular complexity index is 610. The van der Waals surface area contributed by atoms with Crippen molar-refractivity contribution in [3.8, 4) is 0 Å². The fourth-order valence-corrected chi connectivity index (χ4v) is 5.09. The van der Waals surface area contributed by atoms with Crippen LogP contribution >= 0.6 is 0 Å². The Morgan fingerprint density at radius 3 is 1.25 bits per heavy atom. The topological polar surface area (TPSA) is 63.3 Å². The lowest BCUT2D eigenvalue weighted by atomic mass is 10.0. The van der Waals surface area contributed by atoms with Crippen molar-refractivity contribution >= 4 is 11.9 Å². The second kappa shape index (κ2) is 31.9. The predicted molar refractivity (Wildman–Crippen MR) is 170 cm³/mol. The van der Waals surface area contributed by atoms with Gasteiger partial charge in [0.1, 0.15) is 0 Å². The number of hydrogen-bond acceptors (Lipinski definition) is 3. The maximum Gasteiger partial charge on any atom is 0.395 e. The monoisotopic (exact) mass is 561 g/mol. The summed E-state index contributed by atoms with van der Waals surface area (Å²) >= 11 is 0. The molecule has 1 atom stereocenters. The molecule has 4 nitrogen and oxygen atoms in total. The number of hydrogen-bond donors (Lipinski definition) is 0. The van der Waals surface area contributed by atoms with Gasteiger partial charge in [0, 0.05) is 6.08 Å². The van der Waals surface area contributed by atoms with Crippen LogP contribution in [-0.2, 0) is 19.4 Å². The molecule has 0 aromatic rings. The molecule has 0 amide bonds. The van der Waals surface area contributed by atoms with Gasteiger partial charge in [0.15, 0.2) is 0 Å². The van der Waals surface area contributed by atoms with Gasteiger partial charge in [-0.1, -0.05) is 154 Å². The third-order valence-electron chi connectivity index (χ3n) is 7.73. The molecule has 0 saturated heterocycles. The molecule has 1 unspecified atom stereocenters. The molecule has 0 saturated carbocycles. The molecule has 0 aliphatic rings. The zero-order chi connectivity index (χ0) is 29.4. The number of carbonyl (C=O) groups is 2. The summed E-state index contributed by atoms with van der Waals surface area (Å²) in [6, 6.07) is 0. The van der Waals surface area contributed by atoms with Gasteiger partial charge in [-0.15, -0.1) is 0 Å². The van der Waals surface area contributed by atoms with E-state index in [1.807, 2.05) is 6.08 Å². The minimum atomic E-state index is -1.30. The Morgan fingerprint density at radius 1 is 0.500 bits per heavy atom. The van der Waals surface area contributed by atoms with Gasteiger partial charge in [0.25, 0.3) is 0 Å². The Morgan fingerprint density at radius 2 is 0.850 bits per heavy atom. The van der Waals surface area contributed by atoms with E-state index in [0.717, 1.165) is 44.9 Å². The quantitative estimate of drug-likeness (QED) is 0.0366. The fourth-order valence-electron chi connectivity index (χ4n) is 5.09. The molecule has 233 valence electrons. The lowest BCUT2D eigenvalue weighted by molar-refractivity contribution is -0.165. The zero-order valence-corrected chi connectivity index (χ0v) is 26.6. The van der Waals surface area contributed by atoms with Crippen molar-refractivity contribution in [2.24, 2.45) is 0 Å². The summed E-state index contributed by atoms with van der Waals surface area (Å²) in [6.45, 7) is 4.51. The van der Waals surface area contributed by atoms with Crippen LogP contribution in [0.15, 0.2) is 24.3 Å². The Kier molecular flexibility index (Phi) is 30.7. The number of unbranched alkanes of at least 4 members (excludes halogenated alkanes) is 23. The van der Waals surface area contributed by atoms with Gasteiger partial charge < -0.3 is 4.74 Å². The molecule has 0 aromatic carbocycles. The normalized spacial score (nSPS) is 12.4. The van der Waals surface area contributed by atoms with Gasteiger partial charge in [0.2, 0.25) is 6.10 Å². The van der Waals surface area contributed by atoms with Crippen molar-refractivity contribution in [1.82, 2.24) is 0 Å². The first-order valence-corrected chi connectivity index (χ1v) is 17.3. The van der Waals surface area contributed by atoms with Crippen molar-refractivity contribution in [3.05, 3.63) is 24.3 Å². The highest BCUT2D eigenvalue weighted by molar-refractivity contribution is 5.85. The van der Waals surface area contributed by atoms with Gasteiger partial charge in [-0.3, -0.25) is 0 Å². The smallest absolute Gasteiger partial charge is 0.395 e. The molecule has 0 aromatic heterocycles. The lowest BCUT2D eigenvalue weighted by Crippen LogP contribution is -2.25. The number of esters is 1. The van der Waals surface area contributed by atoms with E-state index in [2.05, 4.69) is 26.0 Å². The summed E-state index contributed by atoms with van der Waals surface area (Å²) in [4.78, 5) is 23.4. The van der Waals surface area contributed by atoms with Crippen LogP contribution in [0.25, 0.3) is 0 Å². The van der Waals surface area contributed by atoms with Crippen LogP contribution < -0.4 is 0 Å². The standard InChI is InChI=1S/C36H65O4/c1-3-5-7-9-11-13-15-17-19-21-23-25-27-29-31-33-35(37)40-34(36(38)39)32-30-28-26-24-22-20-18-16-14-12-10-8-6-4-2/h18,20,31,33-34H,3-17,19,21-30,32H2,1-2H3/b20-18-,33-31?. The minimum Gasteiger partial charge on any atom is -0.447 e. The number of allylic oxidation sites excluding steroid dienone is 3. The molecule has 0 heterocycles. The van der Waals surface area contributed by atoms with Crippen molar-refractivity contribution in [3.63, 3.8) is 0 Å². The lowest BCUT2D eigenvalue weighted by Gasteiger charge is -2.11. The Hall–Kier alpha value is -1.58. The Labute approximate surface area is 248 Å². The average molecular weight is 562 g/mol. The van der Waals surface area contributed by atoms with Crippen LogP contribution in [-0.4, -0.2) is 18.0 Å². The molecule has 0 spiro atoms. The third kappa shape index (κ3) is 29.4. The molecule has 0 aliphatic carbocycles. The summed E-state index contributed by atoms with van der Waals surface area (Å²) in [5.74, 6) is -1.87. The second-order valence-electron chi connectivity index (χ2n) is 11.7. The first-order valence-electron chi connectivity index (χ1n) is 17.3. The summed E-state index contributed by atoms with van der Waals surface area (Å²) in [5, 5.41) is 11.4. The highest BCUT2D eigenvalue weighted by Crippen LogP contribution is 2.14. The summed E-state index contributed by atoms with van der Waals surface area (Å²) in [6.07, 6.45) is 39.1. The number of carbonyl (C=O) groups excluding carboxylic acids is 2. The molecular formula is C36H65O4. The minimum absolute atomic E-state index is 0.328. The van der Waals surface area contributed by atoms with E-state index in [-0.39, 0.29) is 0 Å². The van der Waals surface area contributed by atoms with Crippen molar-refractivity contribution in [2.45, 2.75) is 193 Å². The van der Waals surface area contributed by atoms with Crippen LogP contribution in [0, 0.1) is 0 Å². The third-order valence-corrected chi connectivity index (χ3v) is 7.73. The van der Waals surface area contributed by atoms with E-state index in [0.29, 0.717) is 6.42 Å². The second-order valence-corrected chi connectivity index (χ2v) is 11.7. The van der Waals surface area contributed by atoms with E-state index in [4.69, 9.17) is 4.74 Å². The van der Waals surface area contributed by atoms with E-state index < -0.39 is 18.0 Å². The average Bonchev–Trinajstić information content (AvgIpc) is 2.94. The first kappa shape index (κ1) is 38.4. The number of rotatable bonds is 31. The molecule has 0 aliphatic heterocycles. The van der Waals surface area contributed by atoms with Gasteiger partial charge in [-0.25, -0.2) is 14.7 Å². The zero-order valence-electron chi connectivity index (χ0n) is 26.6. The van der Waals surface area contributed by atoms with Crippen LogP contribution in [0.5, 0.6) is 0 Å². The molecule has 0 fully saturated rings. The van der Waals surface area contributed by atoms with Gasteiger partial charge >= 0.3 is 11.9 Å². The van der Waals surface area contributed by atoms with Crippen molar-refractivity contribution in [2.75, 3.05) is 0 Å². The highest BCUT2D eigenvalue weighted by atomic mass is 16.6. The predicted octanol–water partition coefficient (Wildman–Crippen LogP) is 11.5. The summed E-state index contributed by atoms with van der Waals surface area (Å²) in [5.41, 5.74) is 0. The number of ether oxygens (including phenoxy) is 1. The van der Waals surface area contributed by atoms with Gasteiger partial charge in [-0.05, 0) is 51.4 Å². The highest BCUT2D eigenvalue weighted by Gasteiger charge is 2.22. The molecule has 40 heavy (non-hydrogen) atoms. The molecule has 1 radical (unpaired) electrons. The molecular weight excluding hydrogens is 496 g/mol. The van der Waals surface area contributed by atoms with E-state index in [1.165, 1.54) is 128 Å². The van der Waals surface area contributed by atoms with Gasteiger partial charge in [0.05, 0.1) is 0 Å². The molecule has 0 N–H and O–H groups in total. The Balaban J connectivity index is 3.65. The largest absolute Gasteiger partial charge is 0.447 e. The van der Waals surface area contributed by atoms with Crippen LogP contribution in [0.1, 0.15) is 187 Å². The van der Waals surface area contributed by atoms with Crippen molar-refractivity contribution < 1.29 is 19.4 Å². The van der Waals surface area contributed by atoms with E-state index in [9.17, 15) is 14.7 Å². The summed E-state index contributed by atoms with van der Waals surface area (Å²) < 4.78 is 5.15. The van der Waals surface area contributed by atoms with Crippen LogP contribution in [0.2, 0.25) is 0 Å². The van der Waals surface area contributed by atoms with Crippen LogP contribution in [0.3, 0.4) is 0 Å². The molecule has 4 heteroatoms. The van der Waals surface area contributed by atoms with E-state index in [1.54, 1.807) is 0 Å².